The predicted octanol–water partition coefficient (Wildman–Crippen LogP) is 2.11. The van der Waals surface area contributed by atoms with Crippen molar-refractivity contribution in [3.05, 3.63) is 35.4 Å². The molecule has 4 nitrogen and oxygen atoms in total. The molecule has 1 fully saturated rings. The van der Waals surface area contributed by atoms with Gasteiger partial charge in [0.05, 0.1) is 0 Å². The van der Waals surface area contributed by atoms with Gasteiger partial charge in [-0.05, 0) is 17.5 Å². The zero-order valence-electron chi connectivity index (χ0n) is 12.4. The molecule has 0 saturated carbocycles. The van der Waals surface area contributed by atoms with Gasteiger partial charge < -0.3 is 9.80 Å². The van der Waals surface area contributed by atoms with Gasteiger partial charge in [0, 0.05) is 38.7 Å². The molecule has 4 heteroatoms. The van der Waals surface area contributed by atoms with Gasteiger partial charge in [-0.25, -0.2) is 0 Å². The Morgan fingerprint density at radius 2 is 1.55 bits per heavy atom. The number of benzene rings is 1. The van der Waals surface area contributed by atoms with E-state index in [1.54, 1.807) is 11.8 Å². The summed E-state index contributed by atoms with van der Waals surface area (Å²) in [6.45, 7) is 8.26. The molecule has 1 aliphatic heterocycles. The van der Waals surface area contributed by atoms with Crippen molar-refractivity contribution in [2.24, 2.45) is 0 Å². The van der Waals surface area contributed by atoms with Gasteiger partial charge in [0.2, 0.25) is 5.91 Å². The highest BCUT2D eigenvalue weighted by Crippen LogP contribution is 2.21. The summed E-state index contributed by atoms with van der Waals surface area (Å²) in [6, 6.07) is 7.80. The van der Waals surface area contributed by atoms with Crippen molar-refractivity contribution in [2.75, 3.05) is 26.2 Å². The molecule has 0 radical (unpaired) electrons. The molecule has 108 valence electrons. The van der Waals surface area contributed by atoms with E-state index in [2.05, 4.69) is 13.8 Å². The molecule has 2 rings (SSSR count). The average molecular weight is 274 g/mol. The van der Waals surface area contributed by atoms with Crippen molar-refractivity contribution in [3.8, 4) is 0 Å². The fraction of sp³-hybridized carbons (Fsp3) is 0.500. The SMILES string of the molecule is CC(=O)N1CCN(C(=O)c2ccccc2C(C)C)CC1. The van der Waals surface area contributed by atoms with Crippen LogP contribution in [-0.2, 0) is 4.79 Å². The van der Waals surface area contributed by atoms with Crippen LogP contribution in [0.3, 0.4) is 0 Å². The first-order valence-corrected chi connectivity index (χ1v) is 7.14. The number of hydrogen-bond acceptors (Lipinski definition) is 2. The van der Waals surface area contributed by atoms with E-state index in [1.165, 1.54) is 0 Å². The summed E-state index contributed by atoms with van der Waals surface area (Å²) in [5.41, 5.74) is 1.88. The molecule has 0 bridgehead atoms. The molecule has 0 aliphatic carbocycles. The number of nitrogens with zero attached hydrogens (tertiary/aromatic N) is 2. The maximum absolute atomic E-state index is 12.6. The summed E-state index contributed by atoms with van der Waals surface area (Å²) in [7, 11) is 0. The Bertz CT molecular complexity index is 503. The van der Waals surface area contributed by atoms with E-state index >= 15 is 0 Å². The minimum Gasteiger partial charge on any atom is -0.339 e. The number of piperazine rings is 1. The number of hydrogen-bond donors (Lipinski definition) is 0. The summed E-state index contributed by atoms with van der Waals surface area (Å²) >= 11 is 0. The number of carbonyl (C=O) groups is 2. The van der Waals surface area contributed by atoms with Crippen LogP contribution in [0.4, 0.5) is 0 Å². The lowest BCUT2D eigenvalue weighted by molar-refractivity contribution is -0.130. The first-order valence-electron chi connectivity index (χ1n) is 7.14. The van der Waals surface area contributed by atoms with Crippen LogP contribution >= 0.6 is 0 Å². The van der Waals surface area contributed by atoms with Gasteiger partial charge in [-0.2, -0.15) is 0 Å². The Morgan fingerprint density at radius 3 is 2.10 bits per heavy atom. The van der Waals surface area contributed by atoms with Gasteiger partial charge in [0.25, 0.3) is 5.91 Å². The van der Waals surface area contributed by atoms with E-state index in [0.29, 0.717) is 32.1 Å². The van der Waals surface area contributed by atoms with Crippen LogP contribution < -0.4 is 0 Å². The fourth-order valence-corrected chi connectivity index (χ4v) is 2.59. The molecule has 0 atom stereocenters. The molecular formula is C16H22N2O2. The van der Waals surface area contributed by atoms with Gasteiger partial charge in [-0.15, -0.1) is 0 Å². The number of amides is 2. The minimum absolute atomic E-state index is 0.0810. The molecule has 0 aromatic heterocycles. The highest BCUT2D eigenvalue weighted by Gasteiger charge is 2.24. The number of carbonyl (C=O) groups excluding carboxylic acids is 2. The van der Waals surface area contributed by atoms with E-state index in [-0.39, 0.29) is 11.8 Å². The Morgan fingerprint density at radius 1 is 1.00 bits per heavy atom. The summed E-state index contributed by atoms with van der Waals surface area (Å²) in [5, 5.41) is 0. The lowest BCUT2D eigenvalue weighted by Gasteiger charge is -2.34. The van der Waals surface area contributed by atoms with E-state index in [4.69, 9.17) is 0 Å². The van der Waals surface area contributed by atoms with Gasteiger partial charge in [-0.1, -0.05) is 32.0 Å². The second-order valence-electron chi connectivity index (χ2n) is 5.54. The average Bonchev–Trinajstić information content (AvgIpc) is 2.46. The molecule has 0 spiro atoms. The Hall–Kier alpha value is -1.84. The molecule has 0 unspecified atom stereocenters. The number of rotatable bonds is 2. The normalized spacial score (nSPS) is 15.6. The topological polar surface area (TPSA) is 40.6 Å². The Labute approximate surface area is 120 Å². The molecule has 20 heavy (non-hydrogen) atoms. The van der Waals surface area contributed by atoms with Gasteiger partial charge >= 0.3 is 0 Å². The third kappa shape index (κ3) is 3.00. The maximum Gasteiger partial charge on any atom is 0.254 e. The molecule has 1 aromatic rings. The minimum atomic E-state index is 0.0810. The predicted molar refractivity (Wildman–Crippen MR) is 78.7 cm³/mol. The second kappa shape index (κ2) is 6.07. The van der Waals surface area contributed by atoms with Crippen LogP contribution in [-0.4, -0.2) is 47.8 Å². The molecule has 1 aromatic carbocycles. The molecule has 1 saturated heterocycles. The quantitative estimate of drug-likeness (QED) is 0.829. The maximum atomic E-state index is 12.6. The summed E-state index contributed by atoms with van der Waals surface area (Å²) < 4.78 is 0. The van der Waals surface area contributed by atoms with E-state index in [1.807, 2.05) is 29.2 Å². The first kappa shape index (κ1) is 14.6. The zero-order valence-corrected chi connectivity index (χ0v) is 12.4. The molecular weight excluding hydrogens is 252 g/mol. The van der Waals surface area contributed by atoms with Gasteiger partial charge in [0.15, 0.2) is 0 Å². The van der Waals surface area contributed by atoms with Crippen molar-refractivity contribution in [3.63, 3.8) is 0 Å². The van der Waals surface area contributed by atoms with Crippen molar-refractivity contribution in [1.29, 1.82) is 0 Å². The molecule has 1 aliphatic rings. The van der Waals surface area contributed by atoms with Gasteiger partial charge in [0.1, 0.15) is 0 Å². The second-order valence-corrected chi connectivity index (χ2v) is 5.54. The molecule has 1 heterocycles. The molecule has 0 N–H and O–H groups in total. The molecule has 2 amide bonds. The van der Waals surface area contributed by atoms with Crippen LogP contribution in [0.25, 0.3) is 0 Å². The highest BCUT2D eigenvalue weighted by molar-refractivity contribution is 5.96. The van der Waals surface area contributed by atoms with Crippen molar-refractivity contribution >= 4 is 11.8 Å². The van der Waals surface area contributed by atoms with Crippen LogP contribution in [0.1, 0.15) is 42.6 Å². The fourth-order valence-electron chi connectivity index (χ4n) is 2.59. The third-order valence-corrected chi connectivity index (χ3v) is 3.83. The van der Waals surface area contributed by atoms with Crippen molar-refractivity contribution in [2.45, 2.75) is 26.7 Å². The van der Waals surface area contributed by atoms with E-state index in [9.17, 15) is 9.59 Å². The van der Waals surface area contributed by atoms with Crippen LogP contribution in [0.2, 0.25) is 0 Å². The lowest BCUT2D eigenvalue weighted by atomic mass is 9.96. The van der Waals surface area contributed by atoms with Crippen LogP contribution in [0.15, 0.2) is 24.3 Å². The standard InChI is InChI=1S/C16H22N2O2/c1-12(2)14-6-4-5-7-15(14)16(20)18-10-8-17(9-11-18)13(3)19/h4-7,12H,8-11H2,1-3H3. The Kier molecular flexibility index (Phi) is 4.42. The third-order valence-electron chi connectivity index (χ3n) is 3.83. The lowest BCUT2D eigenvalue weighted by Crippen LogP contribution is -2.50. The summed E-state index contributed by atoms with van der Waals surface area (Å²) in [4.78, 5) is 27.6. The van der Waals surface area contributed by atoms with E-state index < -0.39 is 0 Å². The van der Waals surface area contributed by atoms with Crippen LogP contribution in [0, 0.1) is 0 Å². The summed E-state index contributed by atoms with van der Waals surface area (Å²) in [5.74, 6) is 0.492. The highest BCUT2D eigenvalue weighted by atomic mass is 16.2. The first-order chi connectivity index (χ1) is 9.50. The monoisotopic (exact) mass is 274 g/mol. The largest absolute Gasteiger partial charge is 0.339 e. The van der Waals surface area contributed by atoms with E-state index in [0.717, 1.165) is 11.1 Å². The zero-order chi connectivity index (χ0) is 14.7. The summed E-state index contributed by atoms with van der Waals surface area (Å²) in [6.07, 6.45) is 0. The van der Waals surface area contributed by atoms with Crippen molar-refractivity contribution in [1.82, 2.24) is 9.80 Å². The smallest absolute Gasteiger partial charge is 0.254 e. The van der Waals surface area contributed by atoms with Crippen LogP contribution in [0.5, 0.6) is 0 Å². The Balaban J connectivity index is 2.11. The van der Waals surface area contributed by atoms with Gasteiger partial charge in [-0.3, -0.25) is 9.59 Å². The van der Waals surface area contributed by atoms with Crippen molar-refractivity contribution < 1.29 is 9.59 Å².